The van der Waals surface area contributed by atoms with Gasteiger partial charge in [-0.25, -0.2) is 4.79 Å². The number of thiocarbonyl (C=S) groups is 1. The first-order valence-corrected chi connectivity index (χ1v) is 10.1. The summed E-state index contributed by atoms with van der Waals surface area (Å²) in [6.07, 6.45) is 2.90. The molecule has 2 amide bonds. The van der Waals surface area contributed by atoms with Crippen molar-refractivity contribution < 1.29 is 14.3 Å². The molecule has 1 atom stereocenters. The van der Waals surface area contributed by atoms with Crippen LogP contribution in [0.3, 0.4) is 0 Å². The summed E-state index contributed by atoms with van der Waals surface area (Å²) in [6.45, 7) is 7.09. The van der Waals surface area contributed by atoms with Crippen molar-refractivity contribution in [1.29, 1.82) is 0 Å². The lowest BCUT2D eigenvalue weighted by atomic mass is 9.98. The number of ether oxygens (including phenoxy) is 1. The topological polar surface area (TPSA) is 95.1 Å². The molecule has 2 aliphatic heterocycles. The molecular weight excluding hydrogens is 390 g/mol. The van der Waals surface area contributed by atoms with Gasteiger partial charge in [-0.3, -0.25) is 20.6 Å². The van der Waals surface area contributed by atoms with Gasteiger partial charge < -0.3 is 15.0 Å². The van der Waals surface area contributed by atoms with Crippen LogP contribution in [0.5, 0.6) is 0 Å². The van der Waals surface area contributed by atoms with Crippen LogP contribution in [0, 0.1) is 5.92 Å². The molecule has 0 aliphatic carbocycles. The molecule has 9 heteroatoms. The van der Waals surface area contributed by atoms with Crippen molar-refractivity contribution in [3.05, 3.63) is 29.3 Å². The first-order chi connectivity index (χ1) is 13.7. The van der Waals surface area contributed by atoms with Crippen LogP contribution >= 0.6 is 12.2 Å². The molecule has 156 valence electrons. The monoisotopic (exact) mass is 417 g/mol. The van der Waals surface area contributed by atoms with Crippen molar-refractivity contribution in [2.75, 3.05) is 18.4 Å². The van der Waals surface area contributed by atoms with Crippen LogP contribution in [0.25, 0.3) is 0 Å². The molecule has 1 unspecified atom stereocenters. The third-order valence-corrected chi connectivity index (χ3v) is 4.84. The summed E-state index contributed by atoms with van der Waals surface area (Å²) in [4.78, 5) is 30.6. The second kappa shape index (κ2) is 8.77. The summed E-state index contributed by atoms with van der Waals surface area (Å²) in [5.41, 5.74) is 7.86. The number of hydrogen-bond donors (Lipinski definition) is 3. The highest BCUT2D eigenvalue weighted by molar-refractivity contribution is 7.80. The maximum atomic E-state index is 12.5. The van der Waals surface area contributed by atoms with E-state index >= 15 is 0 Å². The minimum Gasteiger partial charge on any atom is -0.444 e. The number of amides is 2. The van der Waals surface area contributed by atoms with E-state index in [1.807, 2.05) is 45.2 Å². The third-order valence-electron chi connectivity index (χ3n) is 4.64. The summed E-state index contributed by atoms with van der Waals surface area (Å²) in [5.74, 6) is -0.522. The first-order valence-electron chi connectivity index (χ1n) is 9.69. The fourth-order valence-corrected chi connectivity index (χ4v) is 3.41. The molecule has 0 bridgehead atoms. The van der Waals surface area contributed by atoms with Gasteiger partial charge in [0.25, 0.3) is 0 Å². The van der Waals surface area contributed by atoms with Crippen molar-refractivity contribution in [2.24, 2.45) is 10.9 Å². The summed E-state index contributed by atoms with van der Waals surface area (Å²) in [5, 5.41) is 3.33. The molecule has 3 rings (SSSR count). The fourth-order valence-electron chi connectivity index (χ4n) is 3.25. The van der Waals surface area contributed by atoms with Crippen LogP contribution in [-0.4, -0.2) is 46.9 Å². The van der Waals surface area contributed by atoms with Crippen LogP contribution in [0.4, 0.5) is 10.5 Å². The molecule has 2 heterocycles. The third kappa shape index (κ3) is 5.90. The second-order valence-electron chi connectivity index (χ2n) is 8.22. The molecule has 0 aromatic heterocycles. The zero-order chi connectivity index (χ0) is 21.0. The number of nitrogens with one attached hydrogen (secondary N) is 3. The smallest absolute Gasteiger partial charge is 0.410 e. The van der Waals surface area contributed by atoms with E-state index in [0.717, 1.165) is 17.7 Å². The number of piperidine rings is 1. The van der Waals surface area contributed by atoms with Crippen LogP contribution in [0.15, 0.2) is 23.2 Å². The van der Waals surface area contributed by atoms with Gasteiger partial charge in [0.2, 0.25) is 5.91 Å². The molecule has 3 N–H and O–H groups in total. The lowest BCUT2D eigenvalue weighted by molar-refractivity contribution is -0.127. The molecule has 8 nitrogen and oxygen atoms in total. The van der Waals surface area contributed by atoms with Gasteiger partial charge in [-0.2, -0.15) is 0 Å². The van der Waals surface area contributed by atoms with Crippen molar-refractivity contribution in [2.45, 2.75) is 45.8 Å². The van der Waals surface area contributed by atoms with E-state index in [2.05, 4.69) is 21.2 Å². The Morgan fingerprint density at radius 3 is 2.83 bits per heavy atom. The molecule has 1 saturated heterocycles. The number of rotatable bonds is 2. The van der Waals surface area contributed by atoms with Crippen LogP contribution in [0.1, 0.15) is 44.7 Å². The van der Waals surface area contributed by atoms with Gasteiger partial charge in [0.1, 0.15) is 5.60 Å². The Morgan fingerprint density at radius 1 is 1.28 bits per heavy atom. The van der Waals surface area contributed by atoms with Gasteiger partial charge in [0.15, 0.2) is 5.11 Å². The Balaban J connectivity index is 1.46. The van der Waals surface area contributed by atoms with E-state index in [1.165, 1.54) is 5.56 Å². The molecular formula is C20H27N5O3S. The van der Waals surface area contributed by atoms with Crippen LogP contribution in [0.2, 0.25) is 0 Å². The van der Waals surface area contributed by atoms with Crippen molar-refractivity contribution >= 4 is 41.2 Å². The average molecular weight is 418 g/mol. The quantitative estimate of drug-likeness (QED) is 0.506. The van der Waals surface area contributed by atoms with Gasteiger partial charge in [-0.05, 0) is 69.1 Å². The molecule has 29 heavy (non-hydrogen) atoms. The van der Waals surface area contributed by atoms with Crippen molar-refractivity contribution in [3.8, 4) is 0 Å². The standard InChI is InChI=1S/C20H27N5O3S/c1-20(2,3)28-19(27)25-8-4-5-14(12-25)17(26)23-24-18(29)22-16-7-6-13-10-21-11-15(13)9-16/h6-7,9,11,14H,4-5,8,10,12H2,1-3H3,(H,23,26)(H2,22,24,29). The number of carbonyl (C=O) groups is 2. The van der Waals surface area contributed by atoms with Gasteiger partial charge in [0, 0.05) is 25.0 Å². The molecule has 2 aliphatic rings. The fraction of sp³-hybridized carbons (Fsp3) is 0.500. The Morgan fingerprint density at radius 2 is 2.07 bits per heavy atom. The molecule has 0 radical (unpaired) electrons. The SMILES string of the molecule is CC(C)(C)OC(=O)N1CCCC(C(=O)NNC(=S)Nc2ccc3c(c2)C=NC3)C1. The predicted molar refractivity (Wildman–Crippen MR) is 116 cm³/mol. The van der Waals surface area contributed by atoms with E-state index < -0.39 is 5.60 Å². The second-order valence-corrected chi connectivity index (χ2v) is 8.63. The van der Waals surface area contributed by atoms with Gasteiger partial charge in [-0.1, -0.05) is 6.07 Å². The molecule has 1 aromatic rings. The normalized spacial score (nSPS) is 18.0. The number of aliphatic imine (C=N–C) groups is 1. The van der Waals surface area contributed by atoms with E-state index in [4.69, 9.17) is 17.0 Å². The summed E-state index contributed by atoms with van der Waals surface area (Å²) in [6, 6.07) is 5.88. The summed E-state index contributed by atoms with van der Waals surface area (Å²) < 4.78 is 5.40. The predicted octanol–water partition coefficient (Wildman–Crippen LogP) is 2.58. The minimum absolute atomic E-state index is 0.205. The highest BCUT2D eigenvalue weighted by Gasteiger charge is 2.31. The van der Waals surface area contributed by atoms with Crippen LogP contribution in [-0.2, 0) is 16.1 Å². The number of benzene rings is 1. The Labute approximate surface area is 176 Å². The lowest BCUT2D eigenvalue weighted by Gasteiger charge is -2.33. The van der Waals surface area contributed by atoms with E-state index in [9.17, 15) is 9.59 Å². The number of carbonyl (C=O) groups excluding carboxylic acids is 2. The zero-order valence-electron chi connectivity index (χ0n) is 16.9. The lowest BCUT2D eigenvalue weighted by Crippen LogP contribution is -2.51. The summed E-state index contributed by atoms with van der Waals surface area (Å²) in [7, 11) is 0. The number of anilines is 1. The summed E-state index contributed by atoms with van der Waals surface area (Å²) >= 11 is 5.25. The molecule has 1 aromatic carbocycles. The Hall–Kier alpha value is -2.68. The number of nitrogens with zero attached hydrogens (tertiary/aromatic N) is 2. The van der Waals surface area contributed by atoms with Crippen molar-refractivity contribution in [1.82, 2.24) is 15.8 Å². The Bertz CT molecular complexity index is 834. The Kier molecular flexibility index (Phi) is 6.36. The number of hydrogen-bond acceptors (Lipinski definition) is 5. The molecule has 0 spiro atoms. The van der Waals surface area contributed by atoms with E-state index in [-0.39, 0.29) is 23.0 Å². The first kappa shape index (κ1) is 21.0. The number of fused-ring (bicyclic) bond motifs is 1. The number of hydrazine groups is 1. The minimum atomic E-state index is -0.560. The van der Waals surface area contributed by atoms with E-state index in [0.29, 0.717) is 26.1 Å². The average Bonchev–Trinajstić information content (AvgIpc) is 3.12. The highest BCUT2D eigenvalue weighted by Crippen LogP contribution is 2.20. The van der Waals surface area contributed by atoms with Gasteiger partial charge in [0.05, 0.1) is 12.5 Å². The number of likely N-dealkylation sites (tertiary alicyclic amines) is 1. The largest absolute Gasteiger partial charge is 0.444 e. The maximum Gasteiger partial charge on any atom is 0.410 e. The van der Waals surface area contributed by atoms with Crippen LogP contribution < -0.4 is 16.2 Å². The highest BCUT2D eigenvalue weighted by atomic mass is 32.1. The zero-order valence-corrected chi connectivity index (χ0v) is 17.8. The molecule has 0 saturated carbocycles. The van der Waals surface area contributed by atoms with E-state index in [1.54, 1.807) is 4.90 Å². The van der Waals surface area contributed by atoms with Crippen molar-refractivity contribution in [3.63, 3.8) is 0 Å². The molecule has 1 fully saturated rings. The van der Waals surface area contributed by atoms with Gasteiger partial charge in [-0.15, -0.1) is 0 Å². The maximum absolute atomic E-state index is 12.5. The van der Waals surface area contributed by atoms with Gasteiger partial charge >= 0.3 is 6.09 Å².